The van der Waals surface area contributed by atoms with Crippen molar-refractivity contribution < 1.29 is 9.90 Å². The molecule has 4 heteroatoms. The van der Waals surface area contributed by atoms with Gasteiger partial charge in [0.15, 0.2) is 0 Å². The van der Waals surface area contributed by atoms with Crippen LogP contribution in [0.2, 0.25) is 0 Å². The smallest absolute Gasteiger partial charge is 0.303 e. The molecule has 1 N–H and O–H groups in total. The summed E-state index contributed by atoms with van der Waals surface area (Å²) >= 11 is 5.08. The Bertz CT molecular complexity index is 331. The summed E-state index contributed by atoms with van der Waals surface area (Å²) in [7, 11) is 0. The number of carboxylic acids is 1. The predicted molar refractivity (Wildman–Crippen MR) is 61.9 cm³/mol. The number of rotatable bonds is 4. The van der Waals surface area contributed by atoms with Gasteiger partial charge in [-0.2, -0.15) is 0 Å². The van der Waals surface area contributed by atoms with Crippen LogP contribution in [0.25, 0.3) is 0 Å². The first kappa shape index (κ1) is 11.7. The molecule has 0 radical (unpaired) electrons. The Morgan fingerprint density at radius 3 is 2.64 bits per heavy atom. The molecular weight excluding hydrogens is 264 g/mol. The van der Waals surface area contributed by atoms with Gasteiger partial charge in [-0.05, 0) is 39.9 Å². The van der Waals surface area contributed by atoms with Crippen molar-refractivity contribution in [3.8, 4) is 0 Å². The molecule has 1 aromatic heterocycles. The summed E-state index contributed by atoms with van der Waals surface area (Å²) in [6, 6.07) is 4.05. The highest BCUT2D eigenvalue weighted by Crippen LogP contribution is 2.35. The molecule has 0 fully saturated rings. The Morgan fingerprint density at radius 2 is 2.21 bits per heavy atom. The number of hydrogen-bond donors (Lipinski definition) is 1. The van der Waals surface area contributed by atoms with Crippen LogP contribution in [0.4, 0.5) is 0 Å². The molecule has 14 heavy (non-hydrogen) atoms. The lowest BCUT2D eigenvalue weighted by Crippen LogP contribution is -2.17. The van der Waals surface area contributed by atoms with Crippen molar-refractivity contribution in [3.05, 3.63) is 20.8 Å². The van der Waals surface area contributed by atoms with Crippen molar-refractivity contribution >= 4 is 33.2 Å². The number of carbonyl (C=O) groups is 1. The Balaban J connectivity index is 2.69. The molecule has 1 heterocycles. The largest absolute Gasteiger partial charge is 0.481 e. The van der Waals surface area contributed by atoms with Gasteiger partial charge in [0.05, 0.1) is 3.79 Å². The van der Waals surface area contributed by atoms with E-state index in [1.807, 2.05) is 6.07 Å². The van der Waals surface area contributed by atoms with Crippen LogP contribution >= 0.6 is 27.3 Å². The quantitative estimate of drug-likeness (QED) is 0.912. The highest BCUT2D eigenvalue weighted by molar-refractivity contribution is 9.11. The first-order valence-corrected chi connectivity index (χ1v) is 6.00. The van der Waals surface area contributed by atoms with Crippen LogP contribution in [0.15, 0.2) is 15.9 Å². The monoisotopic (exact) mass is 276 g/mol. The van der Waals surface area contributed by atoms with E-state index in [9.17, 15) is 4.79 Å². The highest BCUT2D eigenvalue weighted by atomic mass is 79.9. The van der Waals surface area contributed by atoms with Crippen LogP contribution in [0, 0.1) is 0 Å². The van der Waals surface area contributed by atoms with Crippen molar-refractivity contribution in [2.45, 2.75) is 32.1 Å². The van der Waals surface area contributed by atoms with Crippen LogP contribution < -0.4 is 0 Å². The number of halogens is 1. The van der Waals surface area contributed by atoms with Crippen molar-refractivity contribution in [2.75, 3.05) is 0 Å². The van der Waals surface area contributed by atoms with Crippen LogP contribution in [-0.4, -0.2) is 11.1 Å². The van der Waals surface area contributed by atoms with Gasteiger partial charge in [-0.3, -0.25) is 4.79 Å². The molecule has 0 spiro atoms. The van der Waals surface area contributed by atoms with E-state index in [-0.39, 0.29) is 11.8 Å². The summed E-state index contributed by atoms with van der Waals surface area (Å²) in [5.41, 5.74) is -0.0466. The third-order valence-electron chi connectivity index (χ3n) is 2.20. The molecular formula is C10H13BrO2S. The third kappa shape index (κ3) is 3.10. The lowest BCUT2D eigenvalue weighted by Gasteiger charge is -2.21. The number of hydrogen-bond acceptors (Lipinski definition) is 2. The average molecular weight is 277 g/mol. The summed E-state index contributed by atoms with van der Waals surface area (Å²) < 4.78 is 1.09. The van der Waals surface area contributed by atoms with Gasteiger partial charge < -0.3 is 5.11 Å². The number of thiophene rings is 1. The molecule has 0 atom stereocenters. The average Bonchev–Trinajstić information content (AvgIpc) is 2.49. The summed E-state index contributed by atoms with van der Waals surface area (Å²) in [6.07, 6.45) is 0.901. The molecule has 0 aliphatic rings. The van der Waals surface area contributed by atoms with Gasteiger partial charge in [-0.25, -0.2) is 0 Å². The molecule has 0 aliphatic carbocycles. The van der Waals surface area contributed by atoms with Crippen LogP contribution in [-0.2, 0) is 10.2 Å². The van der Waals surface area contributed by atoms with E-state index in [0.29, 0.717) is 6.42 Å². The Labute approximate surface area is 96.1 Å². The lowest BCUT2D eigenvalue weighted by molar-refractivity contribution is -0.137. The molecule has 78 valence electrons. The van der Waals surface area contributed by atoms with Gasteiger partial charge in [0, 0.05) is 11.3 Å². The third-order valence-corrected chi connectivity index (χ3v) is 4.19. The summed E-state index contributed by atoms with van der Waals surface area (Å²) in [5.74, 6) is -0.728. The van der Waals surface area contributed by atoms with Gasteiger partial charge in [0.25, 0.3) is 0 Å². The minimum Gasteiger partial charge on any atom is -0.481 e. The van der Waals surface area contributed by atoms with E-state index in [4.69, 9.17) is 5.11 Å². The van der Waals surface area contributed by atoms with Gasteiger partial charge in [0.1, 0.15) is 0 Å². The van der Waals surface area contributed by atoms with Crippen molar-refractivity contribution in [1.82, 2.24) is 0 Å². The first-order valence-electron chi connectivity index (χ1n) is 4.39. The van der Waals surface area contributed by atoms with E-state index in [1.54, 1.807) is 11.3 Å². The zero-order chi connectivity index (χ0) is 10.8. The number of aliphatic carboxylic acids is 1. The Kier molecular flexibility index (Phi) is 3.72. The second-order valence-corrected chi connectivity index (χ2v) is 6.34. The van der Waals surface area contributed by atoms with Gasteiger partial charge in [0.2, 0.25) is 0 Å². The van der Waals surface area contributed by atoms with E-state index in [1.165, 1.54) is 4.88 Å². The number of carboxylic acid groups (broad SMARTS) is 1. The minimum atomic E-state index is -0.728. The van der Waals surface area contributed by atoms with Crippen molar-refractivity contribution in [1.29, 1.82) is 0 Å². The van der Waals surface area contributed by atoms with E-state index in [0.717, 1.165) is 3.79 Å². The van der Waals surface area contributed by atoms with Crippen LogP contribution in [0.3, 0.4) is 0 Å². The molecule has 2 nitrogen and oxygen atoms in total. The van der Waals surface area contributed by atoms with E-state index >= 15 is 0 Å². The van der Waals surface area contributed by atoms with Gasteiger partial charge in [-0.1, -0.05) is 13.8 Å². The van der Waals surface area contributed by atoms with Crippen molar-refractivity contribution in [2.24, 2.45) is 0 Å². The molecule has 0 saturated carbocycles. The Hall–Kier alpha value is -0.350. The van der Waals surface area contributed by atoms with Crippen LogP contribution in [0.5, 0.6) is 0 Å². The fourth-order valence-corrected chi connectivity index (χ4v) is 2.74. The second-order valence-electron chi connectivity index (χ2n) is 3.88. The second kappa shape index (κ2) is 4.45. The SMILES string of the molecule is CC(C)(CCC(=O)O)c1ccc(Br)s1. The van der Waals surface area contributed by atoms with Gasteiger partial charge in [-0.15, -0.1) is 11.3 Å². The molecule has 1 rings (SSSR count). The van der Waals surface area contributed by atoms with E-state index < -0.39 is 5.97 Å². The zero-order valence-corrected chi connectivity index (χ0v) is 10.6. The molecule has 0 bridgehead atoms. The minimum absolute atomic E-state index is 0.0466. The fraction of sp³-hybridized carbons (Fsp3) is 0.500. The molecule has 0 aromatic carbocycles. The standard InChI is InChI=1S/C10H13BrO2S/c1-10(2,6-5-9(12)13)7-3-4-8(11)14-7/h3-4H,5-6H2,1-2H3,(H,12,13). The lowest BCUT2D eigenvalue weighted by atomic mass is 9.86. The van der Waals surface area contributed by atoms with E-state index in [2.05, 4.69) is 35.8 Å². The maximum absolute atomic E-state index is 10.5. The summed E-state index contributed by atoms with van der Waals surface area (Å²) in [5, 5.41) is 8.62. The summed E-state index contributed by atoms with van der Waals surface area (Å²) in [6.45, 7) is 4.16. The van der Waals surface area contributed by atoms with Gasteiger partial charge >= 0.3 is 5.97 Å². The topological polar surface area (TPSA) is 37.3 Å². The molecule has 0 amide bonds. The van der Waals surface area contributed by atoms with Crippen molar-refractivity contribution in [3.63, 3.8) is 0 Å². The maximum Gasteiger partial charge on any atom is 0.303 e. The highest BCUT2D eigenvalue weighted by Gasteiger charge is 2.23. The van der Waals surface area contributed by atoms with Crippen LogP contribution in [0.1, 0.15) is 31.6 Å². The fourth-order valence-electron chi connectivity index (χ4n) is 1.22. The molecule has 0 aliphatic heterocycles. The zero-order valence-electron chi connectivity index (χ0n) is 8.21. The molecule has 1 aromatic rings. The normalized spacial score (nSPS) is 11.6. The first-order chi connectivity index (χ1) is 6.42. The predicted octanol–water partition coefficient (Wildman–Crippen LogP) is 3.65. The summed E-state index contributed by atoms with van der Waals surface area (Å²) in [4.78, 5) is 11.7. The Morgan fingerprint density at radius 1 is 1.57 bits per heavy atom. The maximum atomic E-state index is 10.5. The molecule has 0 unspecified atom stereocenters. The molecule has 0 saturated heterocycles.